The molecule has 1 aromatic carbocycles. The summed E-state index contributed by atoms with van der Waals surface area (Å²) in [5.41, 5.74) is 2.00. The molecule has 0 spiro atoms. The first kappa shape index (κ1) is 24.7. The van der Waals surface area contributed by atoms with Crippen molar-refractivity contribution in [3.8, 4) is 5.75 Å². The van der Waals surface area contributed by atoms with Crippen molar-refractivity contribution in [1.29, 1.82) is 0 Å². The van der Waals surface area contributed by atoms with Gasteiger partial charge in [0.15, 0.2) is 0 Å². The number of amides is 1. The summed E-state index contributed by atoms with van der Waals surface area (Å²) in [6.45, 7) is 4.62. The van der Waals surface area contributed by atoms with Crippen LogP contribution in [0, 0.1) is 0 Å². The van der Waals surface area contributed by atoms with E-state index < -0.39 is 10.0 Å². The highest BCUT2D eigenvalue weighted by atomic mass is 35.5. The number of nitrogens with zero attached hydrogens (tertiary/aromatic N) is 5. The van der Waals surface area contributed by atoms with E-state index in [1.807, 2.05) is 30.6 Å². The van der Waals surface area contributed by atoms with Gasteiger partial charge < -0.3 is 14.5 Å². The molecule has 4 rings (SSSR count). The number of aromatic nitrogens is 2. The smallest absolute Gasteiger partial charge is 0.238 e. The first-order chi connectivity index (χ1) is 16.2. The summed E-state index contributed by atoms with van der Waals surface area (Å²) in [6.07, 6.45) is 7.55. The Bertz CT molecular complexity index is 1120. The molecular weight excluding hydrogens is 478 g/mol. The normalized spacial score (nSPS) is 18.4. The first-order valence-corrected chi connectivity index (χ1v) is 13.7. The molecule has 9 nitrogen and oxygen atoms in total. The quantitative estimate of drug-likeness (QED) is 0.567. The molecule has 0 atom stereocenters. The second kappa shape index (κ2) is 10.5. The highest BCUT2D eigenvalue weighted by Crippen LogP contribution is 2.29. The number of piperidine rings is 1. The molecule has 2 aromatic rings. The molecule has 1 amide bonds. The molecule has 2 aliphatic heterocycles. The van der Waals surface area contributed by atoms with Crippen LogP contribution in [0.15, 0.2) is 30.6 Å². The highest BCUT2D eigenvalue weighted by molar-refractivity contribution is 7.88. The number of hydrogen-bond donors (Lipinski definition) is 0. The monoisotopic (exact) mass is 507 g/mol. The van der Waals surface area contributed by atoms with Gasteiger partial charge in [-0.15, -0.1) is 0 Å². The topological polar surface area (TPSA) is 95.9 Å². The number of rotatable bonds is 7. The summed E-state index contributed by atoms with van der Waals surface area (Å²) in [5.74, 6) is 1.17. The minimum atomic E-state index is -3.37. The minimum Gasteiger partial charge on any atom is -0.489 e. The lowest BCUT2D eigenvalue weighted by Gasteiger charge is -2.33. The van der Waals surface area contributed by atoms with Crippen LogP contribution in [-0.2, 0) is 27.8 Å². The van der Waals surface area contributed by atoms with E-state index in [-0.39, 0.29) is 18.6 Å². The Hall–Kier alpha value is -2.43. The lowest BCUT2D eigenvalue weighted by molar-refractivity contribution is -0.134. The number of piperazine rings is 1. The molecule has 0 saturated carbocycles. The fraction of sp³-hybridized carbons (Fsp3) is 0.522. The van der Waals surface area contributed by atoms with Crippen LogP contribution in [0.4, 0.5) is 5.95 Å². The van der Waals surface area contributed by atoms with E-state index >= 15 is 0 Å². The van der Waals surface area contributed by atoms with E-state index in [0.717, 1.165) is 55.7 Å². The molecule has 2 fully saturated rings. The van der Waals surface area contributed by atoms with Crippen LogP contribution in [0.3, 0.4) is 0 Å². The van der Waals surface area contributed by atoms with Crippen LogP contribution in [0.25, 0.3) is 0 Å². The van der Waals surface area contributed by atoms with Crippen molar-refractivity contribution >= 4 is 33.5 Å². The zero-order chi connectivity index (χ0) is 24.3. The largest absolute Gasteiger partial charge is 0.489 e. The second-order valence-corrected chi connectivity index (χ2v) is 11.1. The average molecular weight is 508 g/mol. The lowest BCUT2D eigenvalue weighted by Crippen LogP contribution is -2.51. The zero-order valence-corrected chi connectivity index (χ0v) is 21.1. The van der Waals surface area contributed by atoms with E-state index in [0.29, 0.717) is 30.4 Å². The number of ether oxygens (including phenoxy) is 1. The maximum atomic E-state index is 12.4. The van der Waals surface area contributed by atoms with E-state index in [1.54, 1.807) is 4.90 Å². The summed E-state index contributed by atoms with van der Waals surface area (Å²) in [6, 6.07) is 5.55. The SMILES string of the molecule is CCc1cnc(N2CCC(Oc3ccc(CN4CCN(S(C)(=O)=O)CC4=O)cc3Cl)CC2)nc1. The van der Waals surface area contributed by atoms with Gasteiger partial charge in [-0.3, -0.25) is 4.79 Å². The molecule has 0 unspecified atom stereocenters. The van der Waals surface area contributed by atoms with E-state index in [4.69, 9.17) is 16.3 Å². The fourth-order valence-corrected chi connectivity index (χ4v) is 5.15. The summed E-state index contributed by atoms with van der Waals surface area (Å²) < 4.78 is 30.7. The van der Waals surface area contributed by atoms with Gasteiger partial charge in [-0.05, 0) is 29.7 Å². The molecule has 0 N–H and O–H groups in total. The predicted molar refractivity (Wildman–Crippen MR) is 131 cm³/mol. The molecular formula is C23H30ClN5O4S. The number of anilines is 1. The zero-order valence-electron chi connectivity index (χ0n) is 19.5. The third kappa shape index (κ3) is 5.97. The van der Waals surface area contributed by atoms with Gasteiger partial charge in [0.05, 0.1) is 17.8 Å². The number of halogens is 1. The van der Waals surface area contributed by atoms with Crippen LogP contribution in [0.2, 0.25) is 5.02 Å². The molecule has 0 aliphatic carbocycles. The van der Waals surface area contributed by atoms with Gasteiger partial charge in [-0.1, -0.05) is 24.6 Å². The number of sulfonamides is 1. The van der Waals surface area contributed by atoms with Gasteiger partial charge in [0.25, 0.3) is 0 Å². The van der Waals surface area contributed by atoms with Crippen LogP contribution in [-0.4, -0.2) is 78.6 Å². The van der Waals surface area contributed by atoms with Crippen molar-refractivity contribution in [2.45, 2.75) is 38.8 Å². The molecule has 0 radical (unpaired) electrons. The van der Waals surface area contributed by atoms with Gasteiger partial charge in [0, 0.05) is 58.0 Å². The van der Waals surface area contributed by atoms with Crippen molar-refractivity contribution in [3.63, 3.8) is 0 Å². The Morgan fingerprint density at radius 1 is 1.09 bits per heavy atom. The minimum absolute atomic E-state index is 0.0557. The van der Waals surface area contributed by atoms with Gasteiger partial charge in [-0.2, -0.15) is 4.31 Å². The van der Waals surface area contributed by atoms with Gasteiger partial charge in [-0.25, -0.2) is 18.4 Å². The maximum Gasteiger partial charge on any atom is 0.238 e. The van der Waals surface area contributed by atoms with Crippen molar-refractivity contribution in [1.82, 2.24) is 19.2 Å². The summed E-state index contributed by atoms with van der Waals surface area (Å²) in [4.78, 5) is 25.1. The molecule has 11 heteroatoms. The molecule has 2 saturated heterocycles. The Labute approximate surface area is 205 Å². The Morgan fingerprint density at radius 3 is 2.38 bits per heavy atom. The van der Waals surface area contributed by atoms with Crippen molar-refractivity contribution < 1.29 is 17.9 Å². The Kier molecular flexibility index (Phi) is 7.59. The van der Waals surface area contributed by atoms with Crippen molar-refractivity contribution in [2.24, 2.45) is 0 Å². The number of hydrogen-bond acceptors (Lipinski definition) is 7. The third-order valence-corrected chi connectivity index (χ3v) is 7.79. The maximum absolute atomic E-state index is 12.4. The van der Waals surface area contributed by atoms with Gasteiger partial charge in [0.1, 0.15) is 11.9 Å². The summed E-state index contributed by atoms with van der Waals surface area (Å²) in [7, 11) is -3.37. The van der Waals surface area contributed by atoms with Crippen LogP contribution < -0.4 is 9.64 Å². The molecule has 2 aliphatic rings. The fourth-order valence-electron chi connectivity index (χ4n) is 4.14. The third-order valence-electron chi connectivity index (χ3n) is 6.24. The van der Waals surface area contributed by atoms with Crippen LogP contribution in [0.5, 0.6) is 5.75 Å². The van der Waals surface area contributed by atoms with Gasteiger partial charge >= 0.3 is 0 Å². The highest BCUT2D eigenvalue weighted by Gasteiger charge is 2.29. The van der Waals surface area contributed by atoms with E-state index in [2.05, 4.69) is 21.8 Å². The number of carbonyl (C=O) groups is 1. The standard InChI is InChI=1S/C23H30ClN5O4S/c1-3-17-13-25-23(26-14-17)27-8-6-19(7-9-27)33-21-5-4-18(12-20(21)24)15-28-10-11-29(16-22(28)30)34(2,31)32/h4-5,12-14,19H,3,6-11,15-16H2,1-2H3. The number of benzene rings is 1. The average Bonchev–Trinajstić information content (AvgIpc) is 2.82. The molecule has 34 heavy (non-hydrogen) atoms. The lowest BCUT2D eigenvalue weighted by atomic mass is 10.1. The van der Waals surface area contributed by atoms with E-state index in [9.17, 15) is 13.2 Å². The Balaban J connectivity index is 1.29. The molecule has 3 heterocycles. The first-order valence-electron chi connectivity index (χ1n) is 11.5. The predicted octanol–water partition coefficient (Wildman–Crippen LogP) is 2.34. The molecule has 0 bridgehead atoms. The van der Waals surface area contributed by atoms with Crippen molar-refractivity contribution in [2.75, 3.05) is 43.9 Å². The molecule has 1 aromatic heterocycles. The van der Waals surface area contributed by atoms with Crippen LogP contribution in [0.1, 0.15) is 30.9 Å². The van der Waals surface area contributed by atoms with Crippen molar-refractivity contribution in [3.05, 3.63) is 46.7 Å². The van der Waals surface area contributed by atoms with Gasteiger partial charge in [0.2, 0.25) is 21.9 Å². The summed E-state index contributed by atoms with van der Waals surface area (Å²) >= 11 is 6.49. The number of carbonyl (C=O) groups excluding carboxylic acids is 1. The van der Waals surface area contributed by atoms with Crippen LogP contribution >= 0.6 is 11.6 Å². The number of aryl methyl sites for hydroxylation is 1. The second-order valence-electron chi connectivity index (χ2n) is 8.73. The Morgan fingerprint density at radius 2 is 1.79 bits per heavy atom. The molecule has 184 valence electrons. The summed E-state index contributed by atoms with van der Waals surface area (Å²) in [5, 5.41) is 0.501. The van der Waals surface area contributed by atoms with E-state index in [1.165, 1.54) is 4.31 Å².